The zero-order valence-electron chi connectivity index (χ0n) is 37.3. The molecule has 0 aliphatic carbocycles. The molecule has 3 aliphatic heterocycles. The van der Waals surface area contributed by atoms with E-state index in [2.05, 4.69) is 16.5 Å². The summed E-state index contributed by atoms with van der Waals surface area (Å²) in [5.74, 6) is -5.20. The largest absolute Gasteiger partial charge is 0.457 e. The highest BCUT2D eigenvalue weighted by atomic mass is 16.7. The predicted molar refractivity (Wildman–Crippen MR) is 224 cm³/mol. The molecule has 15 nitrogen and oxygen atoms in total. The van der Waals surface area contributed by atoms with E-state index in [0.717, 1.165) is 17.0 Å². The van der Waals surface area contributed by atoms with Crippen molar-refractivity contribution in [1.29, 1.82) is 0 Å². The summed E-state index contributed by atoms with van der Waals surface area (Å²) in [7, 11) is 5.23. The number of aryl methyl sites for hydroxylation is 2. The number of nitrogens with zero attached hydrogens (tertiary/aromatic N) is 5. The third-order valence-electron chi connectivity index (χ3n) is 13.1. The minimum absolute atomic E-state index is 0.106. The van der Waals surface area contributed by atoms with E-state index >= 15 is 0 Å². The Labute approximate surface area is 355 Å². The number of carbonyl (C=O) groups excluding carboxylic acids is 4. The lowest BCUT2D eigenvalue weighted by molar-refractivity contribution is -0.295. The molecular weight excluding hydrogens is 771 g/mol. The van der Waals surface area contributed by atoms with Crippen molar-refractivity contribution >= 4 is 23.6 Å². The Morgan fingerprint density at radius 2 is 1.73 bits per heavy atom. The maximum absolute atomic E-state index is 14.8. The summed E-state index contributed by atoms with van der Waals surface area (Å²) in [5.41, 5.74) is -0.239. The average molecular weight is 838 g/mol. The van der Waals surface area contributed by atoms with Crippen LogP contribution < -0.4 is 0 Å². The molecule has 332 valence electrons. The Hall–Kier alpha value is -4.02. The van der Waals surface area contributed by atoms with Gasteiger partial charge >= 0.3 is 12.1 Å². The number of aliphatic hydroxyl groups excluding tert-OH is 1. The second-order valence-corrected chi connectivity index (χ2v) is 17.6. The van der Waals surface area contributed by atoms with Crippen molar-refractivity contribution in [3.05, 3.63) is 49.2 Å². The highest BCUT2D eigenvalue weighted by molar-refractivity contribution is 6.00. The number of amides is 1. The van der Waals surface area contributed by atoms with E-state index in [9.17, 15) is 24.3 Å². The smallest absolute Gasteiger partial charge is 0.411 e. The number of ether oxygens (including phenoxy) is 5. The molecule has 3 aliphatic rings. The second-order valence-electron chi connectivity index (χ2n) is 17.6. The summed E-state index contributed by atoms with van der Waals surface area (Å²) >= 11 is 0. The van der Waals surface area contributed by atoms with Crippen LogP contribution in [-0.4, -0.2) is 135 Å². The lowest BCUT2D eigenvalue weighted by Gasteiger charge is -2.47. The van der Waals surface area contributed by atoms with E-state index in [4.69, 9.17) is 23.7 Å². The standard InChI is InChI=1S/C45H67N5O10/c1-13-35-45(14-2)39(50(43(55)60-45)20-16-15-19-49-24-33(47-25-49)32-18-17-27(4)46-23-32)29(6)36(51)26(3)22-44(9,56-12)40(30(7)37(52)31(8)41(54)58-35)59-42-38(53)34(48(10)11)21-28(5)57-42/h14,17-18,23-26,28-31,34-35,38-40,42,53H,2,13,15-16,19-22H2,1,3-12H3/t26-,28-,29+,30+,31-,34+,35-,38-,39-,40-,42?,44+,45-/m1/s1. The van der Waals surface area contributed by atoms with Gasteiger partial charge in [-0.25, -0.2) is 9.78 Å². The van der Waals surface area contributed by atoms with Gasteiger partial charge in [0.1, 0.15) is 23.9 Å². The number of likely N-dealkylation sites (N-methyl/N-ethyl adjacent to an activating group) is 1. The first-order valence-corrected chi connectivity index (χ1v) is 21.4. The molecule has 5 heterocycles. The van der Waals surface area contributed by atoms with E-state index in [1.54, 1.807) is 52.0 Å². The lowest BCUT2D eigenvalue weighted by atomic mass is 9.72. The number of cyclic esters (lactones) is 1. The Balaban J connectivity index is 1.45. The molecule has 2 aromatic heterocycles. The van der Waals surface area contributed by atoms with Crippen LogP contribution in [0.15, 0.2) is 43.5 Å². The van der Waals surface area contributed by atoms with Gasteiger partial charge in [-0.3, -0.25) is 24.3 Å². The fraction of sp³-hybridized carbons (Fsp3) is 0.689. The molecule has 0 saturated carbocycles. The number of Topliss-reactive ketones (excluding diaryl/α,β-unsaturated/α-hetero) is 2. The van der Waals surface area contributed by atoms with Gasteiger partial charge in [0.25, 0.3) is 0 Å². The van der Waals surface area contributed by atoms with Gasteiger partial charge in [0.2, 0.25) is 0 Å². The number of hydrogen-bond donors (Lipinski definition) is 1. The van der Waals surface area contributed by atoms with Crippen LogP contribution in [0.4, 0.5) is 4.79 Å². The number of esters is 1. The van der Waals surface area contributed by atoms with Crippen LogP contribution in [0.5, 0.6) is 0 Å². The lowest BCUT2D eigenvalue weighted by Crippen LogP contribution is -2.60. The first-order valence-electron chi connectivity index (χ1n) is 21.4. The van der Waals surface area contributed by atoms with E-state index in [1.165, 1.54) is 20.1 Å². The quantitative estimate of drug-likeness (QED) is 0.125. The molecule has 0 aromatic carbocycles. The van der Waals surface area contributed by atoms with Gasteiger partial charge in [-0.1, -0.05) is 34.3 Å². The monoisotopic (exact) mass is 837 g/mol. The molecule has 3 fully saturated rings. The van der Waals surface area contributed by atoms with Crippen molar-refractivity contribution in [1.82, 2.24) is 24.3 Å². The topological polar surface area (TPSA) is 172 Å². The Kier molecular flexibility index (Phi) is 15.2. The number of carbonyl (C=O) groups is 4. The molecule has 60 heavy (non-hydrogen) atoms. The highest BCUT2D eigenvalue weighted by Crippen LogP contribution is 2.44. The summed E-state index contributed by atoms with van der Waals surface area (Å²) in [5, 5.41) is 11.5. The molecule has 13 atom stereocenters. The molecule has 1 amide bonds. The van der Waals surface area contributed by atoms with Crippen molar-refractivity contribution < 1.29 is 48.0 Å². The van der Waals surface area contributed by atoms with Gasteiger partial charge in [0.05, 0.1) is 35.9 Å². The fourth-order valence-electron chi connectivity index (χ4n) is 9.51. The van der Waals surface area contributed by atoms with Crippen molar-refractivity contribution in [2.75, 3.05) is 27.7 Å². The third kappa shape index (κ3) is 9.55. The van der Waals surface area contributed by atoms with Gasteiger partial charge in [-0.2, -0.15) is 0 Å². The van der Waals surface area contributed by atoms with Crippen LogP contribution in [0.2, 0.25) is 0 Å². The van der Waals surface area contributed by atoms with Crippen molar-refractivity contribution in [3.8, 4) is 11.3 Å². The zero-order valence-corrected chi connectivity index (χ0v) is 37.3. The molecule has 0 spiro atoms. The number of unbranched alkanes of at least 4 members (excludes halogenated alkanes) is 1. The van der Waals surface area contributed by atoms with E-state index < -0.39 is 83.4 Å². The first-order chi connectivity index (χ1) is 28.3. The summed E-state index contributed by atoms with van der Waals surface area (Å²) in [6.07, 6.45) is 3.89. The number of methoxy groups -OCH3 is 1. The van der Waals surface area contributed by atoms with Crippen LogP contribution >= 0.6 is 0 Å². The minimum atomic E-state index is -1.60. The second kappa shape index (κ2) is 19.4. The molecular formula is C45H67N5O10. The van der Waals surface area contributed by atoms with Gasteiger partial charge in [-0.05, 0) is 92.1 Å². The molecule has 5 rings (SSSR count). The van der Waals surface area contributed by atoms with E-state index in [-0.39, 0.29) is 37.3 Å². The van der Waals surface area contributed by atoms with Gasteiger partial charge in [0, 0.05) is 67.6 Å². The van der Waals surface area contributed by atoms with Gasteiger partial charge in [-0.15, -0.1) is 0 Å². The summed E-state index contributed by atoms with van der Waals surface area (Å²) in [4.78, 5) is 69.6. The minimum Gasteiger partial charge on any atom is -0.457 e. The highest BCUT2D eigenvalue weighted by Gasteiger charge is 2.61. The zero-order chi connectivity index (χ0) is 44.3. The van der Waals surface area contributed by atoms with Gasteiger partial charge < -0.3 is 38.3 Å². The van der Waals surface area contributed by atoms with Crippen molar-refractivity contribution in [2.24, 2.45) is 23.7 Å². The van der Waals surface area contributed by atoms with Gasteiger partial charge in [0.15, 0.2) is 17.7 Å². The Morgan fingerprint density at radius 1 is 1.03 bits per heavy atom. The molecule has 2 aromatic rings. The molecule has 1 N–H and O–H groups in total. The van der Waals surface area contributed by atoms with Crippen LogP contribution in [0.3, 0.4) is 0 Å². The molecule has 3 saturated heterocycles. The average Bonchev–Trinajstić information content (AvgIpc) is 3.81. The maximum atomic E-state index is 14.8. The van der Waals surface area contributed by atoms with Crippen molar-refractivity contribution in [3.63, 3.8) is 0 Å². The number of aliphatic hydroxyl groups is 1. The number of ketones is 2. The van der Waals surface area contributed by atoms with Crippen LogP contribution in [0, 0.1) is 30.6 Å². The van der Waals surface area contributed by atoms with E-state index in [0.29, 0.717) is 25.8 Å². The number of imidazole rings is 1. The molecule has 1 unspecified atom stereocenters. The summed E-state index contributed by atoms with van der Waals surface area (Å²) in [6.45, 7) is 19.1. The van der Waals surface area contributed by atoms with Crippen LogP contribution in [-0.2, 0) is 44.6 Å². The fourth-order valence-corrected chi connectivity index (χ4v) is 9.51. The summed E-state index contributed by atoms with van der Waals surface area (Å²) in [6, 6.07) is 2.74. The molecule has 15 heteroatoms. The SMILES string of the molecule is C=C[C@]12OC(=O)N(CCCCn3cnc(-c4ccc(C)nc4)c3)[C@@H]1[C@@H](C)C(=O)[C@H](C)C[C@](C)(OC)[C@H](OC1O[C@H](C)C[C@H](N(C)C)[C@H]1O)[C@@H](C)C(=O)[C@@H](C)C(=O)O[C@@H]2CC. The third-order valence-corrected chi connectivity index (χ3v) is 13.1. The number of aromatic nitrogens is 3. The number of fused-ring (bicyclic) bond motifs is 1. The van der Waals surface area contributed by atoms with Crippen LogP contribution in [0.25, 0.3) is 11.3 Å². The molecule has 0 bridgehead atoms. The Morgan fingerprint density at radius 3 is 2.35 bits per heavy atom. The summed E-state index contributed by atoms with van der Waals surface area (Å²) < 4.78 is 33.3. The predicted octanol–water partition coefficient (Wildman–Crippen LogP) is 5.40. The first kappa shape index (κ1) is 47.0. The Bertz CT molecular complexity index is 1840. The normalized spacial score (nSPS) is 35.8. The maximum Gasteiger partial charge on any atom is 0.411 e. The van der Waals surface area contributed by atoms with Crippen molar-refractivity contribution in [2.45, 2.75) is 148 Å². The van der Waals surface area contributed by atoms with Crippen LogP contribution in [0.1, 0.15) is 86.3 Å². The molecule has 0 radical (unpaired) electrons. The number of hydrogen-bond acceptors (Lipinski definition) is 13. The van der Waals surface area contributed by atoms with E-state index in [1.807, 2.05) is 55.7 Å². The number of rotatable bonds is 12. The number of pyridine rings is 1.